The maximum Gasteiger partial charge on any atom is 0.122 e. The number of hydrogen-bond acceptors (Lipinski definition) is 3. The minimum absolute atomic E-state index is 0.0597. The zero-order valence-electron chi connectivity index (χ0n) is 9.71. The van der Waals surface area contributed by atoms with Crippen LogP contribution in [0, 0.1) is 5.41 Å². The Kier molecular flexibility index (Phi) is 4.56. The monoisotopic (exact) mass is 247 g/mol. The van der Waals surface area contributed by atoms with Gasteiger partial charge in [-0.15, -0.1) is 22.9 Å². The fraction of sp³-hybridized carbons (Fsp3) is 0.727. The van der Waals surface area contributed by atoms with Crippen LogP contribution in [0.4, 0.5) is 0 Å². The summed E-state index contributed by atoms with van der Waals surface area (Å²) in [5, 5.41) is 3.03. The molecule has 0 fully saturated rings. The lowest BCUT2D eigenvalue weighted by atomic mass is 9.89. The van der Waals surface area contributed by atoms with Gasteiger partial charge in [0.2, 0.25) is 0 Å². The first-order valence-corrected chi connectivity index (χ1v) is 6.52. The molecule has 1 heterocycles. The molecule has 1 aromatic rings. The predicted molar refractivity (Wildman–Crippen MR) is 65.5 cm³/mol. The largest absolute Gasteiger partial charge is 0.371 e. The zero-order chi connectivity index (χ0) is 11.5. The first kappa shape index (κ1) is 12.9. The average molecular weight is 248 g/mol. The van der Waals surface area contributed by atoms with Crippen LogP contribution < -0.4 is 0 Å². The Morgan fingerprint density at radius 2 is 2.20 bits per heavy atom. The van der Waals surface area contributed by atoms with E-state index in [0.717, 1.165) is 10.7 Å². The SMILES string of the molecule is CCOC(c1nc(CCl)cs1)C(C)(C)C. The molecule has 0 saturated heterocycles. The van der Waals surface area contributed by atoms with Gasteiger partial charge in [0.1, 0.15) is 11.1 Å². The maximum atomic E-state index is 5.76. The summed E-state index contributed by atoms with van der Waals surface area (Å²) in [7, 11) is 0. The van der Waals surface area contributed by atoms with Crippen LogP contribution in [0.25, 0.3) is 0 Å². The van der Waals surface area contributed by atoms with E-state index in [9.17, 15) is 0 Å². The van der Waals surface area contributed by atoms with Gasteiger partial charge >= 0.3 is 0 Å². The molecule has 0 aliphatic carbocycles. The lowest BCUT2D eigenvalue weighted by molar-refractivity contribution is -0.0134. The highest BCUT2D eigenvalue weighted by molar-refractivity contribution is 7.09. The van der Waals surface area contributed by atoms with E-state index in [0.29, 0.717) is 12.5 Å². The van der Waals surface area contributed by atoms with Crippen molar-refractivity contribution < 1.29 is 4.74 Å². The van der Waals surface area contributed by atoms with Crippen LogP contribution >= 0.6 is 22.9 Å². The van der Waals surface area contributed by atoms with Gasteiger partial charge in [0, 0.05) is 12.0 Å². The molecule has 1 atom stereocenters. The Morgan fingerprint density at radius 3 is 2.60 bits per heavy atom. The van der Waals surface area contributed by atoms with Gasteiger partial charge in [0.15, 0.2) is 0 Å². The third-order valence-electron chi connectivity index (χ3n) is 2.05. The first-order chi connectivity index (χ1) is 6.99. The molecule has 0 aromatic carbocycles. The van der Waals surface area contributed by atoms with Crippen molar-refractivity contribution >= 4 is 22.9 Å². The molecule has 1 aromatic heterocycles. The molecule has 4 heteroatoms. The van der Waals surface area contributed by atoms with Crippen LogP contribution in [-0.4, -0.2) is 11.6 Å². The molecule has 0 bridgehead atoms. The lowest BCUT2D eigenvalue weighted by Crippen LogP contribution is -2.21. The van der Waals surface area contributed by atoms with Crippen molar-refractivity contribution in [3.63, 3.8) is 0 Å². The van der Waals surface area contributed by atoms with E-state index in [1.54, 1.807) is 11.3 Å². The molecule has 0 radical (unpaired) electrons. The van der Waals surface area contributed by atoms with Crippen molar-refractivity contribution in [3.05, 3.63) is 16.1 Å². The Labute approximate surface area is 101 Å². The standard InChI is InChI=1S/C11H18ClNOS/c1-5-14-9(11(2,3)4)10-13-8(6-12)7-15-10/h7,9H,5-6H2,1-4H3. The predicted octanol–water partition coefficient (Wildman–Crippen LogP) is 4.01. The quantitative estimate of drug-likeness (QED) is 0.751. The zero-order valence-corrected chi connectivity index (χ0v) is 11.3. The number of rotatable bonds is 4. The fourth-order valence-corrected chi connectivity index (χ4v) is 2.70. The van der Waals surface area contributed by atoms with E-state index in [2.05, 4.69) is 25.8 Å². The van der Waals surface area contributed by atoms with Gasteiger partial charge in [-0.1, -0.05) is 20.8 Å². The van der Waals surface area contributed by atoms with Crippen LogP contribution in [0.15, 0.2) is 5.38 Å². The number of nitrogens with zero attached hydrogens (tertiary/aromatic N) is 1. The average Bonchev–Trinajstić information content (AvgIpc) is 2.60. The molecule has 0 N–H and O–H groups in total. The lowest BCUT2D eigenvalue weighted by Gasteiger charge is -2.28. The third kappa shape index (κ3) is 3.44. The minimum Gasteiger partial charge on any atom is -0.371 e. The number of thiazole rings is 1. The molecule has 1 rings (SSSR count). The van der Waals surface area contributed by atoms with E-state index in [1.165, 1.54) is 0 Å². The Balaban J connectivity index is 2.88. The van der Waals surface area contributed by atoms with E-state index < -0.39 is 0 Å². The van der Waals surface area contributed by atoms with E-state index >= 15 is 0 Å². The van der Waals surface area contributed by atoms with Crippen LogP contribution in [0.5, 0.6) is 0 Å². The number of aromatic nitrogens is 1. The van der Waals surface area contributed by atoms with Crippen LogP contribution in [0.2, 0.25) is 0 Å². The summed E-state index contributed by atoms with van der Waals surface area (Å²) in [6.45, 7) is 9.20. The molecule has 0 aliphatic rings. The molecule has 1 unspecified atom stereocenters. The number of hydrogen-bond donors (Lipinski definition) is 0. The second-order valence-corrected chi connectivity index (χ2v) is 5.67. The van der Waals surface area contributed by atoms with Gasteiger partial charge in [-0.3, -0.25) is 0 Å². The summed E-state index contributed by atoms with van der Waals surface area (Å²) in [5.41, 5.74) is 1.00. The summed E-state index contributed by atoms with van der Waals surface area (Å²) in [6.07, 6.45) is 0.0597. The van der Waals surface area contributed by atoms with Gasteiger partial charge in [0.25, 0.3) is 0 Å². The van der Waals surface area contributed by atoms with Crippen molar-refractivity contribution in [2.45, 2.75) is 39.7 Å². The molecule has 2 nitrogen and oxygen atoms in total. The normalized spacial score (nSPS) is 14.2. The second kappa shape index (κ2) is 5.28. The van der Waals surface area contributed by atoms with E-state index in [-0.39, 0.29) is 11.5 Å². The Hall–Kier alpha value is -0.120. The van der Waals surface area contributed by atoms with E-state index in [1.807, 2.05) is 12.3 Å². The summed E-state index contributed by atoms with van der Waals surface area (Å²) >= 11 is 7.37. The highest BCUT2D eigenvalue weighted by Gasteiger charge is 2.29. The van der Waals surface area contributed by atoms with Crippen molar-refractivity contribution in [3.8, 4) is 0 Å². The van der Waals surface area contributed by atoms with Crippen molar-refractivity contribution in [2.24, 2.45) is 5.41 Å². The summed E-state index contributed by atoms with van der Waals surface area (Å²) in [4.78, 5) is 4.48. The van der Waals surface area contributed by atoms with Gasteiger partial charge in [-0.2, -0.15) is 0 Å². The van der Waals surface area contributed by atoms with Crippen molar-refractivity contribution in [2.75, 3.05) is 6.61 Å². The Morgan fingerprint density at radius 1 is 1.53 bits per heavy atom. The number of halogens is 1. The number of ether oxygens (including phenoxy) is 1. The molecular formula is C11H18ClNOS. The van der Waals surface area contributed by atoms with Crippen LogP contribution in [-0.2, 0) is 10.6 Å². The molecule has 0 spiro atoms. The number of alkyl halides is 1. The van der Waals surface area contributed by atoms with Crippen molar-refractivity contribution in [1.82, 2.24) is 4.98 Å². The maximum absolute atomic E-state index is 5.76. The molecule has 15 heavy (non-hydrogen) atoms. The van der Waals surface area contributed by atoms with Gasteiger partial charge < -0.3 is 4.74 Å². The van der Waals surface area contributed by atoms with Gasteiger partial charge in [-0.25, -0.2) is 4.98 Å². The highest BCUT2D eigenvalue weighted by atomic mass is 35.5. The first-order valence-electron chi connectivity index (χ1n) is 5.11. The van der Waals surface area contributed by atoms with Crippen LogP contribution in [0.1, 0.15) is 44.5 Å². The second-order valence-electron chi connectivity index (χ2n) is 4.51. The van der Waals surface area contributed by atoms with Gasteiger partial charge in [-0.05, 0) is 12.3 Å². The minimum atomic E-state index is 0.0597. The summed E-state index contributed by atoms with van der Waals surface area (Å²) in [5.74, 6) is 0.472. The molecule has 0 saturated carbocycles. The smallest absolute Gasteiger partial charge is 0.122 e. The topological polar surface area (TPSA) is 22.1 Å². The summed E-state index contributed by atoms with van der Waals surface area (Å²) in [6, 6.07) is 0. The van der Waals surface area contributed by atoms with E-state index in [4.69, 9.17) is 16.3 Å². The highest BCUT2D eigenvalue weighted by Crippen LogP contribution is 2.37. The molecule has 0 amide bonds. The Bertz CT molecular complexity index is 306. The van der Waals surface area contributed by atoms with Gasteiger partial charge in [0.05, 0.1) is 11.6 Å². The molecule has 86 valence electrons. The molecule has 0 aliphatic heterocycles. The van der Waals surface area contributed by atoms with Crippen LogP contribution in [0.3, 0.4) is 0 Å². The molecular weight excluding hydrogens is 230 g/mol. The third-order valence-corrected chi connectivity index (χ3v) is 3.26. The summed E-state index contributed by atoms with van der Waals surface area (Å²) < 4.78 is 5.76. The van der Waals surface area contributed by atoms with Crippen molar-refractivity contribution in [1.29, 1.82) is 0 Å². The fourth-order valence-electron chi connectivity index (χ4n) is 1.36.